The number of aryl methyl sites for hydroxylation is 1. The van der Waals surface area contributed by atoms with Gasteiger partial charge in [0.05, 0.1) is 11.9 Å². The lowest BCUT2D eigenvalue weighted by atomic mass is 10.2. The van der Waals surface area contributed by atoms with E-state index >= 15 is 0 Å². The van der Waals surface area contributed by atoms with Gasteiger partial charge < -0.3 is 9.47 Å². The predicted molar refractivity (Wildman–Crippen MR) is 71.8 cm³/mol. The topological polar surface area (TPSA) is 99.4 Å². The Labute approximate surface area is 123 Å². The molecular formula is C11H19N5O4S. The summed E-state index contributed by atoms with van der Waals surface area (Å²) in [6.07, 6.45) is 0.680. The van der Waals surface area contributed by atoms with E-state index in [0.29, 0.717) is 45.0 Å². The maximum atomic E-state index is 12.7. The summed E-state index contributed by atoms with van der Waals surface area (Å²) >= 11 is 0. The number of nitrogens with zero attached hydrogens (tertiary/aromatic N) is 5. The first kappa shape index (κ1) is 14.8. The SMILES string of the molecule is Cn1nnnc1C1CN(S(=O)(=O)C2CCOCC2)CCO1. The second-order valence-corrected chi connectivity index (χ2v) is 7.45. The summed E-state index contributed by atoms with van der Waals surface area (Å²) in [4.78, 5) is 0. The van der Waals surface area contributed by atoms with Crippen molar-refractivity contribution in [3.63, 3.8) is 0 Å². The summed E-state index contributed by atoms with van der Waals surface area (Å²) in [6, 6.07) is 0. The van der Waals surface area contributed by atoms with Crippen LogP contribution in [0.5, 0.6) is 0 Å². The number of hydrogen-bond acceptors (Lipinski definition) is 7. The van der Waals surface area contributed by atoms with E-state index < -0.39 is 16.1 Å². The number of tetrazole rings is 1. The molecule has 2 aliphatic heterocycles. The van der Waals surface area contributed by atoms with Gasteiger partial charge in [-0.3, -0.25) is 0 Å². The van der Waals surface area contributed by atoms with E-state index in [4.69, 9.17) is 9.47 Å². The average molecular weight is 317 g/mol. The second-order valence-electron chi connectivity index (χ2n) is 5.23. The molecule has 0 saturated carbocycles. The van der Waals surface area contributed by atoms with Crippen LogP contribution in [0.15, 0.2) is 0 Å². The van der Waals surface area contributed by atoms with E-state index in [1.54, 1.807) is 7.05 Å². The van der Waals surface area contributed by atoms with E-state index in [1.165, 1.54) is 8.99 Å². The van der Waals surface area contributed by atoms with Crippen LogP contribution in [0.4, 0.5) is 0 Å². The van der Waals surface area contributed by atoms with Crippen molar-refractivity contribution < 1.29 is 17.9 Å². The van der Waals surface area contributed by atoms with E-state index in [9.17, 15) is 8.42 Å². The van der Waals surface area contributed by atoms with Gasteiger partial charge in [0, 0.05) is 33.4 Å². The van der Waals surface area contributed by atoms with Crippen molar-refractivity contribution in [2.75, 3.05) is 32.9 Å². The average Bonchev–Trinajstić information content (AvgIpc) is 2.94. The van der Waals surface area contributed by atoms with Gasteiger partial charge in [-0.1, -0.05) is 0 Å². The van der Waals surface area contributed by atoms with Gasteiger partial charge in [-0.05, 0) is 23.3 Å². The third-order valence-corrected chi connectivity index (χ3v) is 6.28. The van der Waals surface area contributed by atoms with Crippen molar-refractivity contribution >= 4 is 10.0 Å². The van der Waals surface area contributed by atoms with Crippen molar-refractivity contribution in [3.8, 4) is 0 Å². The van der Waals surface area contributed by atoms with Gasteiger partial charge in [-0.25, -0.2) is 13.1 Å². The van der Waals surface area contributed by atoms with Crippen molar-refractivity contribution in [1.29, 1.82) is 0 Å². The lowest BCUT2D eigenvalue weighted by molar-refractivity contribution is -0.0103. The summed E-state index contributed by atoms with van der Waals surface area (Å²) in [5, 5.41) is 10.9. The number of ether oxygens (including phenoxy) is 2. The van der Waals surface area contributed by atoms with E-state index in [0.717, 1.165) is 0 Å². The molecule has 0 radical (unpaired) electrons. The lowest BCUT2D eigenvalue weighted by Crippen LogP contribution is -2.47. The molecular weight excluding hydrogens is 298 g/mol. The first-order valence-electron chi connectivity index (χ1n) is 6.99. The Morgan fingerprint density at radius 1 is 1.24 bits per heavy atom. The third-order valence-electron chi connectivity index (χ3n) is 3.92. The number of sulfonamides is 1. The zero-order valence-electron chi connectivity index (χ0n) is 11.9. The molecule has 2 saturated heterocycles. The molecule has 9 nitrogen and oxygen atoms in total. The molecule has 0 N–H and O–H groups in total. The van der Waals surface area contributed by atoms with E-state index in [1.807, 2.05) is 0 Å². The lowest BCUT2D eigenvalue weighted by Gasteiger charge is -2.34. The Hall–Kier alpha value is -1.10. The molecule has 0 aromatic carbocycles. The largest absolute Gasteiger partial charge is 0.381 e. The van der Waals surface area contributed by atoms with E-state index in [2.05, 4.69) is 15.5 Å². The van der Waals surface area contributed by atoms with Crippen molar-refractivity contribution in [1.82, 2.24) is 24.5 Å². The van der Waals surface area contributed by atoms with Gasteiger partial charge in [0.15, 0.2) is 5.82 Å². The molecule has 1 atom stereocenters. The predicted octanol–water partition coefficient (Wildman–Crippen LogP) is -0.908. The van der Waals surface area contributed by atoms with Crippen LogP contribution in [0.2, 0.25) is 0 Å². The molecule has 2 fully saturated rings. The fraction of sp³-hybridized carbons (Fsp3) is 0.909. The molecule has 118 valence electrons. The zero-order valence-corrected chi connectivity index (χ0v) is 12.7. The van der Waals surface area contributed by atoms with E-state index in [-0.39, 0.29) is 11.8 Å². The minimum atomic E-state index is -3.33. The number of hydrogen-bond donors (Lipinski definition) is 0. The van der Waals surface area contributed by atoms with Crippen molar-refractivity contribution in [2.24, 2.45) is 7.05 Å². The Morgan fingerprint density at radius 3 is 2.67 bits per heavy atom. The maximum Gasteiger partial charge on any atom is 0.217 e. The summed E-state index contributed by atoms with van der Waals surface area (Å²) in [5.74, 6) is 0.543. The van der Waals surface area contributed by atoms with Crippen LogP contribution >= 0.6 is 0 Å². The summed E-state index contributed by atoms with van der Waals surface area (Å²) in [6.45, 7) is 1.99. The van der Waals surface area contributed by atoms with Crippen LogP contribution in [0.25, 0.3) is 0 Å². The standard InChI is InChI=1S/C11H19N5O4S/c1-15-11(12-13-14-15)10-8-16(4-7-20-10)21(17,18)9-2-5-19-6-3-9/h9-10H,2-8H2,1H3. The smallest absolute Gasteiger partial charge is 0.217 e. The number of morpholine rings is 1. The highest BCUT2D eigenvalue weighted by Gasteiger charge is 2.37. The van der Waals surface area contributed by atoms with Gasteiger partial charge in [-0.2, -0.15) is 4.31 Å². The van der Waals surface area contributed by atoms with Crippen LogP contribution < -0.4 is 0 Å². The molecule has 3 rings (SSSR count). The molecule has 0 spiro atoms. The Morgan fingerprint density at radius 2 is 2.00 bits per heavy atom. The normalized spacial score (nSPS) is 26.0. The summed E-state index contributed by atoms with van der Waals surface area (Å²) < 4.78 is 39.3. The van der Waals surface area contributed by atoms with Crippen molar-refractivity contribution in [3.05, 3.63) is 5.82 Å². The highest BCUT2D eigenvalue weighted by Crippen LogP contribution is 2.26. The van der Waals surface area contributed by atoms with Crippen LogP contribution in [-0.2, 0) is 26.5 Å². The summed E-state index contributed by atoms with van der Waals surface area (Å²) in [5.41, 5.74) is 0. The highest BCUT2D eigenvalue weighted by molar-refractivity contribution is 7.89. The minimum absolute atomic E-state index is 0.258. The zero-order chi connectivity index (χ0) is 14.9. The van der Waals surface area contributed by atoms with Gasteiger partial charge in [0.25, 0.3) is 0 Å². The second kappa shape index (κ2) is 5.95. The van der Waals surface area contributed by atoms with Crippen LogP contribution in [0.1, 0.15) is 24.8 Å². The molecule has 1 aromatic rings. The summed E-state index contributed by atoms with van der Waals surface area (Å²) in [7, 11) is -1.61. The maximum absolute atomic E-state index is 12.7. The molecule has 0 aliphatic carbocycles. The number of rotatable bonds is 3. The van der Waals surface area contributed by atoms with Crippen molar-refractivity contribution in [2.45, 2.75) is 24.2 Å². The van der Waals surface area contributed by atoms with Crippen LogP contribution in [0.3, 0.4) is 0 Å². The van der Waals surface area contributed by atoms with Gasteiger partial charge in [0.1, 0.15) is 6.10 Å². The molecule has 10 heteroatoms. The first-order chi connectivity index (χ1) is 10.1. The first-order valence-corrected chi connectivity index (χ1v) is 8.50. The van der Waals surface area contributed by atoms with Crippen LogP contribution in [-0.4, -0.2) is 71.1 Å². The Bertz CT molecular complexity index is 583. The molecule has 0 bridgehead atoms. The molecule has 1 aromatic heterocycles. The van der Waals surface area contributed by atoms with Gasteiger partial charge in [0.2, 0.25) is 10.0 Å². The monoisotopic (exact) mass is 317 g/mol. The molecule has 3 heterocycles. The quantitative estimate of drug-likeness (QED) is 0.711. The van der Waals surface area contributed by atoms with Gasteiger partial charge in [-0.15, -0.1) is 5.10 Å². The minimum Gasteiger partial charge on any atom is -0.381 e. The molecule has 0 amide bonds. The third kappa shape index (κ3) is 2.93. The number of aromatic nitrogens is 4. The van der Waals surface area contributed by atoms with Crippen LogP contribution in [0, 0.1) is 0 Å². The molecule has 2 aliphatic rings. The fourth-order valence-electron chi connectivity index (χ4n) is 2.71. The highest BCUT2D eigenvalue weighted by atomic mass is 32.2. The fourth-order valence-corrected chi connectivity index (χ4v) is 4.59. The molecule has 21 heavy (non-hydrogen) atoms. The molecule has 1 unspecified atom stereocenters. The Balaban J connectivity index is 1.75. The van der Waals surface area contributed by atoms with Gasteiger partial charge >= 0.3 is 0 Å². The Kier molecular flexibility index (Phi) is 4.20.